The smallest absolute Gasteiger partial charge is 0.261 e. The van der Waals surface area contributed by atoms with Crippen LogP contribution in [0.3, 0.4) is 0 Å². The molecule has 0 aliphatic heterocycles. The van der Waals surface area contributed by atoms with E-state index in [1.165, 1.54) is 0 Å². The molecule has 2 aromatic rings. The van der Waals surface area contributed by atoms with E-state index in [1.807, 2.05) is 32.0 Å². The van der Waals surface area contributed by atoms with Gasteiger partial charge in [0, 0.05) is 7.05 Å². The molecule has 2 rings (SSSR count). The van der Waals surface area contributed by atoms with Crippen molar-refractivity contribution in [3.05, 3.63) is 39.9 Å². The second-order valence-electron chi connectivity index (χ2n) is 5.18. The Morgan fingerprint density at radius 3 is 2.86 bits per heavy atom. The lowest BCUT2D eigenvalue weighted by Gasteiger charge is -2.17. The number of rotatable bonds is 5. The molecule has 0 radical (unpaired) electrons. The number of carbonyl (C=O) groups excluding carboxylic acids is 1. The third kappa shape index (κ3) is 3.54. The van der Waals surface area contributed by atoms with Gasteiger partial charge in [0.1, 0.15) is 5.75 Å². The minimum absolute atomic E-state index is 0.199. The van der Waals surface area contributed by atoms with Crippen LogP contribution in [0.25, 0.3) is 0 Å². The Kier molecular flexibility index (Phi) is 4.97. The standard InChI is InChI=1S/C15H20N4O2S/c1-9-6-5-7-12(10(9)2)21-11(3)14(20)16-8-13-17-18-15(22)19(13)4/h5-7,11H,8H2,1-4H3,(H,16,20)(H,18,22)/t11-/m0/s1. The van der Waals surface area contributed by atoms with Gasteiger partial charge in [0.25, 0.3) is 5.91 Å². The first-order valence-electron chi connectivity index (χ1n) is 7.01. The van der Waals surface area contributed by atoms with E-state index in [0.29, 0.717) is 17.1 Å². The number of ether oxygens (including phenoxy) is 1. The van der Waals surface area contributed by atoms with Gasteiger partial charge < -0.3 is 14.6 Å². The SMILES string of the molecule is Cc1cccc(O[C@@H](C)C(=O)NCc2n[nH]c(=S)n2C)c1C. The molecular formula is C15H20N4O2S. The molecule has 0 aliphatic carbocycles. The van der Waals surface area contributed by atoms with E-state index in [-0.39, 0.29) is 5.91 Å². The highest BCUT2D eigenvalue weighted by Gasteiger charge is 2.16. The van der Waals surface area contributed by atoms with Crippen molar-refractivity contribution >= 4 is 18.1 Å². The van der Waals surface area contributed by atoms with Crippen LogP contribution in [0.2, 0.25) is 0 Å². The van der Waals surface area contributed by atoms with Crippen molar-refractivity contribution in [2.24, 2.45) is 7.05 Å². The van der Waals surface area contributed by atoms with Crippen LogP contribution >= 0.6 is 12.2 Å². The molecule has 1 heterocycles. The summed E-state index contributed by atoms with van der Waals surface area (Å²) in [6, 6.07) is 5.79. The molecule has 0 saturated heterocycles. The van der Waals surface area contributed by atoms with Crippen LogP contribution in [-0.4, -0.2) is 26.8 Å². The Labute approximate surface area is 134 Å². The second-order valence-corrected chi connectivity index (χ2v) is 5.57. The molecule has 22 heavy (non-hydrogen) atoms. The number of hydrogen-bond donors (Lipinski definition) is 2. The van der Waals surface area contributed by atoms with E-state index < -0.39 is 6.10 Å². The fraction of sp³-hybridized carbons (Fsp3) is 0.400. The number of H-pyrrole nitrogens is 1. The molecule has 7 heteroatoms. The van der Waals surface area contributed by atoms with Crippen molar-refractivity contribution < 1.29 is 9.53 Å². The zero-order valence-corrected chi connectivity index (χ0v) is 14.0. The number of carbonyl (C=O) groups is 1. The summed E-state index contributed by atoms with van der Waals surface area (Å²) in [5, 5.41) is 9.52. The fourth-order valence-corrected chi connectivity index (χ4v) is 2.09. The highest BCUT2D eigenvalue weighted by atomic mass is 32.1. The lowest BCUT2D eigenvalue weighted by atomic mass is 10.1. The highest BCUT2D eigenvalue weighted by Crippen LogP contribution is 2.21. The number of nitrogens with zero attached hydrogens (tertiary/aromatic N) is 2. The number of nitrogens with one attached hydrogen (secondary N) is 2. The predicted octanol–water partition coefficient (Wildman–Crippen LogP) is 2.18. The summed E-state index contributed by atoms with van der Waals surface area (Å²) in [5.74, 6) is 1.19. The molecule has 0 spiro atoms. The summed E-state index contributed by atoms with van der Waals surface area (Å²) in [5.41, 5.74) is 2.17. The van der Waals surface area contributed by atoms with E-state index in [9.17, 15) is 4.79 Å². The van der Waals surface area contributed by atoms with E-state index in [4.69, 9.17) is 17.0 Å². The van der Waals surface area contributed by atoms with E-state index in [1.54, 1.807) is 18.5 Å². The molecule has 0 saturated carbocycles. The molecule has 1 atom stereocenters. The average molecular weight is 320 g/mol. The zero-order chi connectivity index (χ0) is 16.3. The normalized spacial score (nSPS) is 12.0. The summed E-state index contributed by atoms with van der Waals surface area (Å²) in [4.78, 5) is 12.1. The molecule has 2 N–H and O–H groups in total. The predicted molar refractivity (Wildman–Crippen MR) is 86.2 cm³/mol. The lowest BCUT2D eigenvalue weighted by molar-refractivity contribution is -0.127. The van der Waals surface area contributed by atoms with Crippen molar-refractivity contribution in [3.63, 3.8) is 0 Å². The van der Waals surface area contributed by atoms with Crippen LogP contribution in [0.15, 0.2) is 18.2 Å². The van der Waals surface area contributed by atoms with Gasteiger partial charge in [0.15, 0.2) is 16.7 Å². The molecular weight excluding hydrogens is 300 g/mol. The minimum Gasteiger partial charge on any atom is -0.481 e. The van der Waals surface area contributed by atoms with E-state index >= 15 is 0 Å². The molecule has 0 bridgehead atoms. The first kappa shape index (κ1) is 16.2. The number of hydrogen-bond acceptors (Lipinski definition) is 4. The first-order chi connectivity index (χ1) is 10.4. The summed E-state index contributed by atoms with van der Waals surface area (Å²) < 4.78 is 7.98. The van der Waals surface area contributed by atoms with Gasteiger partial charge in [-0.3, -0.25) is 9.89 Å². The first-order valence-corrected chi connectivity index (χ1v) is 7.42. The minimum atomic E-state index is -0.590. The van der Waals surface area contributed by atoms with Crippen LogP contribution in [0, 0.1) is 18.6 Å². The van der Waals surface area contributed by atoms with Gasteiger partial charge in [-0.2, -0.15) is 5.10 Å². The van der Waals surface area contributed by atoms with E-state index in [0.717, 1.165) is 16.9 Å². The van der Waals surface area contributed by atoms with Gasteiger partial charge in [-0.25, -0.2) is 0 Å². The Morgan fingerprint density at radius 2 is 2.23 bits per heavy atom. The summed E-state index contributed by atoms with van der Waals surface area (Å²) >= 11 is 5.03. The number of aromatic amines is 1. The molecule has 118 valence electrons. The van der Waals surface area contributed by atoms with Crippen LogP contribution < -0.4 is 10.1 Å². The molecule has 1 aromatic heterocycles. The molecule has 0 fully saturated rings. The quantitative estimate of drug-likeness (QED) is 0.828. The third-order valence-electron chi connectivity index (χ3n) is 3.62. The highest BCUT2D eigenvalue weighted by molar-refractivity contribution is 7.71. The molecule has 0 aliphatic rings. The maximum Gasteiger partial charge on any atom is 0.261 e. The van der Waals surface area contributed by atoms with Crippen molar-refractivity contribution in [3.8, 4) is 5.75 Å². The number of amides is 1. The monoisotopic (exact) mass is 320 g/mol. The number of aryl methyl sites for hydroxylation is 1. The Hall–Kier alpha value is -2.15. The molecule has 0 unspecified atom stereocenters. The van der Waals surface area contributed by atoms with Gasteiger partial charge in [-0.15, -0.1) is 0 Å². The molecule has 6 nitrogen and oxygen atoms in total. The summed E-state index contributed by atoms with van der Waals surface area (Å²) in [7, 11) is 1.79. The largest absolute Gasteiger partial charge is 0.481 e. The van der Waals surface area contributed by atoms with E-state index in [2.05, 4.69) is 15.5 Å². The van der Waals surface area contributed by atoms with Gasteiger partial charge in [-0.1, -0.05) is 12.1 Å². The lowest BCUT2D eigenvalue weighted by Crippen LogP contribution is -2.36. The average Bonchev–Trinajstić information content (AvgIpc) is 2.81. The maximum absolute atomic E-state index is 12.1. The third-order valence-corrected chi connectivity index (χ3v) is 3.99. The Balaban J connectivity index is 1.96. The second kappa shape index (κ2) is 6.74. The van der Waals surface area contributed by atoms with Gasteiger partial charge in [0.2, 0.25) is 0 Å². The van der Waals surface area contributed by atoms with Crippen LogP contribution in [0.4, 0.5) is 0 Å². The topological polar surface area (TPSA) is 71.9 Å². The number of benzene rings is 1. The molecule has 1 amide bonds. The van der Waals surface area contributed by atoms with Gasteiger partial charge >= 0.3 is 0 Å². The summed E-state index contributed by atoms with van der Waals surface area (Å²) in [6.07, 6.45) is -0.590. The molecule has 1 aromatic carbocycles. The summed E-state index contributed by atoms with van der Waals surface area (Å²) in [6.45, 7) is 6.00. The van der Waals surface area contributed by atoms with Gasteiger partial charge in [-0.05, 0) is 50.2 Å². The van der Waals surface area contributed by atoms with Crippen molar-refractivity contribution in [1.82, 2.24) is 20.1 Å². The van der Waals surface area contributed by atoms with Crippen molar-refractivity contribution in [2.45, 2.75) is 33.4 Å². The number of aromatic nitrogens is 3. The maximum atomic E-state index is 12.1. The van der Waals surface area contributed by atoms with Crippen LogP contribution in [-0.2, 0) is 18.4 Å². The Morgan fingerprint density at radius 1 is 1.50 bits per heavy atom. The van der Waals surface area contributed by atoms with Crippen LogP contribution in [0.1, 0.15) is 23.9 Å². The van der Waals surface area contributed by atoms with Crippen molar-refractivity contribution in [2.75, 3.05) is 0 Å². The fourth-order valence-electron chi connectivity index (χ4n) is 1.94. The Bertz CT molecular complexity index is 735. The van der Waals surface area contributed by atoms with Crippen LogP contribution in [0.5, 0.6) is 5.75 Å². The zero-order valence-electron chi connectivity index (χ0n) is 13.1. The van der Waals surface area contributed by atoms with Gasteiger partial charge in [0.05, 0.1) is 6.54 Å². The van der Waals surface area contributed by atoms with Crippen molar-refractivity contribution in [1.29, 1.82) is 0 Å².